The van der Waals surface area contributed by atoms with Crippen LogP contribution in [-0.4, -0.2) is 28.8 Å². The molecule has 7 heteroatoms. The van der Waals surface area contributed by atoms with Crippen LogP contribution in [0.25, 0.3) is 5.69 Å². The van der Waals surface area contributed by atoms with Gasteiger partial charge in [-0.15, -0.1) is 0 Å². The number of imidazole rings is 1. The molecule has 3 rings (SSSR count). The summed E-state index contributed by atoms with van der Waals surface area (Å²) in [6.07, 6.45) is 4.42. The van der Waals surface area contributed by atoms with Crippen LogP contribution in [0.4, 0.5) is 4.39 Å². The molecule has 25 heavy (non-hydrogen) atoms. The lowest BCUT2D eigenvalue weighted by Gasteiger charge is -2.06. The third-order valence-electron chi connectivity index (χ3n) is 3.47. The van der Waals surface area contributed by atoms with Crippen molar-refractivity contribution in [3.05, 3.63) is 78.1 Å². The predicted molar refractivity (Wildman–Crippen MR) is 91.6 cm³/mol. The van der Waals surface area contributed by atoms with E-state index in [9.17, 15) is 9.18 Å². The third-order valence-corrected chi connectivity index (χ3v) is 3.47. The average Bonchev–Trinajstić information content (AvgIpc) is 3.13. The van der Waals surface area contributed by atoms with E-state index in [0.29, 0.717) is 11.4 Å². The van der Waals surface area contributed by atoms with Crippen LogP contribution in [0.15, 0.2) is 66.2 Å². The van der Waals surface area contributed by atoms with Crippen LogP contribution in [-0.2, 0) is 0 Å². The second-order valence-electron chi connectivity index (χ2n) is 5.10. The SMILES string of the molecule is COc1ccc(/C=N/NC(=O)c2cncn2-c2ccc(F)cc2)cc1. The van der Waals surface area contributed by atoms with Crippen molar-refractivity contribution in [2.45, 2.75) is 0 Å². The molecule has 3 aromatic rings. The molecule has 0 radical (unpaired) electrons. The average molecular weight is 338 g/mol. The minimum absolute atomic E-state index is 0.290. The number of hydrogen-bond donors (Lipinski definition) is 1. The highest BCUT2D eigenvalue weighted by Crippen LogP contribution is 2.12. The van der Waals surface area contributed by atoms with Gasteiger partial charge in [0.2, 0.25) is 0 Å². The van der Waals surface area contributed by atoms with E-state index in [2.05, 4.69) is 15.5 Å². The van der Waals surface area contributed by atoms with Crippen LogP contribution in [0.5, 0.6) is 5.75 Å². The van der Waals surface area contributed by atoms with Gasteiger partial charge in [0.25, 0.3) is 5.91 Å². The first-order chi connectivity index (χ1) is 12.2. The maximum absolute atomic E-state index is 13.0. The van der Waals surface area contributed by atoms with Crippen LogP contribution >= 0.6 is 0 Å². The molecule has 0 bridgehead atoms. The van der Waals surface area contributed by atoms with E-state index in [-0.39, 0.29) is 5.82 Å². The first-order valence-electron chi connectivity index (χ1n) is 7.43. The molecule has 0 saturated heterocycles. The molecule has 6 nitrogen and oxygen atoms in total. The summed E-state index contributed by atoms with van der Waals surface area (Å²) in [7, 11) is 1.59. The molecule has 0 atom stereocenters. The Balaban J connectivity index is 1.70. The molecule has 1 amide bonds. The molecule has 0 aliphatic heterocycles. The Bertz CT molecular complexity index is 886. The van der Waals surface area contributed by atoms with E-state index < -0.39 is 5.91 Å². The number of rotatable bonds is 5. The second kappa shape index (κ2) is 7.39. The van der Waals surface area contributed by atoms with Gasteiger partial charge in [-0.2, -0.15) is 5.10 Å². The van der Waals surface area contributed by atoms with Crippen molar-refractivity contribution in [2.75, 3.05) is 7.11 Å². The Labute approximate surface area is 143 Å². The molecule has 0 aliphatic rings. The Morgan fingerprint density at radius 3 is 2.60 bits per heavy atom. The summed E-state index contributed by atoms with van der Waals surface area (Å²) in [4.78, 5) is 16.2. The zero-order valence-corrected chi connectivity index (χ0v) is 13.4. The van der Waals surface area contributed by atoms with Crippen LogP contribution in [0.3, 0.4) is 0 Å². The summed E-state index contributed by atoms with van der Waals surface area (Å²) in [6, 6.07) is 13.0. The second-order valence-corrected chi connectivity index (χ2v) is 5.10. The molecule has 1 N–H and O–H groups in total. The number of amides is 1. The van der Waals surface area contributed by atoms with E-state index in [1.807, 2.05) is 12.1 Å². The van der Waals surface area contributed by atoms with Crippen molar-refractivity contribution < 1.29 is 13.9 Å². The van der Waals surface area contributed by atoms with E-state index in [1.54, 1.807) is 35.9 Å². The number of hydrogen-bond acceptors (Lipinski definition) is 4. The van der Waals surface area contributed by atoms with Crippen molar-refractivity contribution in [3.8, 4) is 11.4 Å². The first-order valence-corrected chi connectivity index (χ1v) is 7.43. The van der Waals surface area contributed by atoms with Gasteiger partial charge in [-0.05, 0) is 54.1 Å². The number of ether oxygens (including phenoxy) is 1. The smallest absolute Gasteiger partial charge is 0.289 e. The standard InChI is InChI=1S/C18H15FN4O2/c1-25-16-8-2-13(3-9-16)10-21-22-18(24)17-11-20-12-23(17)15-6-4-14(19)5-7-15/h2-12H,1H3,(H,22,24)/b21-10+. The number of benzene rings is 2. The van der Waals surface area contributed by atoms with Gasteiger partial charge in [0.1, 0.15) is 17.3 Å². The molecule has 0 spiro atoms. The van der Waals surface area contributed by atoms with Gasteiger partial charge in [0.15, 0.2) is 0 Å². The molecule has 1 aromatic heterocycles. The zero-order chi connectivity index (χ0) is 17.6. The number of methoxy groups -OCH3 is 1. The van der Waals surface area contributed by atoms with Gasteiger partial charge in [-0.25, -0.2) is 14.8 Å². The lowest BCUT2D eigenvalue weighted by atomic mass is 10.2. The zero-order valence-electron chi connectivity index (χ0n) is 13.4. The van der Waals surface area contributed by atoms with Gasteiger partial charge in [-0.3, -0.25) is 9.36 Å². The third kappa shape index (κ3) is 3.89. The highest BCUT2D eigenvalue weighted by Gasteiger charge is 2.12. The first kappa shape index (κ1) is 16.4. The highest BCUT2D eigenvalue weighted by atomic mass is 19.1. The Morgan fingerprint density at radius 1 is 1.20 bits per heavy atom. The highest BCUT2D eigenvalue weighted by molar-refractivity contribution is 5.93. The minimum Gasteiger partial charge on any atom is -0.497 e. The van der Waals surface area contributed by atoms with Crippen molar-refractivity contribution >= 4 is 12.1 Å². The number of hydrazone groups is 1. The summed E-state index contributed by atoms with van der Waals surface area (Å²) in [5.41, 5.74) is 4.18. The predicted octanol–water partition coefficient (Wildman–Crippen LogP) is 2.78. The Morgan fingerprint density at radius 2 is 1.92 bits per heavy atom. The number of nitrogens with zero attached hydrogens (tertiary/aromatic N) is 3. The normalized spacial score (nSPS) is 10.8. The maximum Gasteiger partial charge on any atom is 0.289 e. The van der Waals surface area contributed by atoms with Gasteiger partial charge in [0, 0.05) is 5.69 Å². The molecule has 1 heterocycles. The number of halogens is 1. The minimum atomic E-state index is -0.424. The largest absolute Gasteiger partial charge is 0.497 e. The van der Waals surface area contributed by atoms with Crippen LogP contribution < -0.4 is 10.2 Å². The fourth-order valence-corrected chi connectivity index (χ4v) is 2.18. The van der Waals surface area contributed by atoms with Gasteiger partial charge >= 0.3 is 0 Å². The Kier molecular flexibility index (Phi) is 4.84. The lowest BCUT2D eigenvalue weighted by Crippen LogP contribution is -2.20. The summed E-state index contributed by atoms with van der Waals surface area (Å²) in [6.45, 7) is 0. The topological polar surface area (TPSA) is 68.5 Å². The Hall–Kier alpha value is -3.48. The molecule has 0 aliphatic carbocycles. The fraction of sp³-hybridized carbons (Fsp3) is 0.0556. The van der Waals surface area contributed by atoms with Gasteiger partial charge in [0.05, 0.1) is 25.8 Å². The molecule has 0 unspecified atom stereocenters. The fourth-order valence-electron chi connectivity index (χ4n) is 2.18. The number of nitrogens with one attached hydrogen (secondary N) is 1. The summed E-state index contributed by atoms with van der Waals surface area (Å²) >= 11 is 0. The van der Waals surface area contributed by atoms with Crippen molar-refractivity contribution in [1.29, 1.82) is 0 Å². The molecular formula is C18H15FN4O2. The van der Waals surface area contributed by atoms with E-state index in [0.717, 1.165) is 11.3 Å². The number of carbonyl (C=O) groups is 1. The van der Waals surface area contributed by atoms with E-state index >= 15 is 0 Å². The molecular weight excluding hydrogens is 323 g/mol. The van der Waals surface area contributed by atoms with Crippen molar-refractivity contribution in [2.24, 2.45) is 5.10 Å². The van der Waals surface area contributed by atoms with Gasteiger partial charge < -0.3 is 4.74 Å². The van der Waals surface area contributed by atoms with Crippen LogP contribution in [0.1, 0.15) is 16.1 Å². The summed E-state index contributed by atoms with van der Waals surface area (Å²) in [5.74, 6) is -0.0325. The molecule has 2 aromatic carbocycles. The van der Waals surface area contributed by atoms with Crippen molar-refractivity contribution in [1.82, 2.24) is 15.0 Å². The molecule has 0 fully saturated rings. The van der Waals surface area contributed by atoms with Crippen molar-refractivity contribution in [3.63, 3.8) is 0 Å². The lowest BCUT2D eigenvalue weighted by molar-refractivity contribution is 0.0948. The maximum atomic E-state index is 13.0. The molecule has 0 saturated carbocycles. The van der Waals surface area contributed by atoms with E-state index in [1.165, 1.54) is 30.9 Å². The summed E-state index contributed by atoms with van der Waals surface area (Å²) < 4.78 is 19.7. The molecule has 126 valence electrons. The summed E-state index contributed by atoms with van der Waals surface area (Å²) in [5, 5.41) is 3.94. The number of carbonyl (C=O) groups excluding carboxylic acids is 1. The van der Waals surface area contributed by atoms with E-state index in [4.69, 9.17) is 4.74 Å². The monoisotopic (exact) mass is 338 g/mol. The van der Waals surface area contributed by atoms with Gasteiger partial charge in [-0.1, -0.05) is 0 Å². The quantitative estimate of drug-likeness (QED) is 0.574. The number of aromatic nitrogens is 2. The van der Waals surface area contributed by atoms with Crippen LogP contribution in [0, 0.1) is 5.82 Å². The van der Waals surface area contributed by atoms with Crippen LogP contribution in [0.2, 0.25) is 0 Å².